The Morgan fingerprint density at radius 3 is 2.26 bits per heavy atom. The van der Waals surface area contributed by atoms with Gasteiger partial charge in [-0.25, -0.2) is 8.42 Å². The third-order valence-corrected chi connectivity index (χ3v) is 8.30. The zero-order valence-electron chi connectivity index (χ0n) is 19.9. The van der Waals surface area contributed by atoms with Gasteiger partial charge in [-0.15, -0.1) is 0 Å². The van der Waals surface area contributed by atoms with Gasteiger partial charge in [0, 0.05) is 38.4 Å². The molecule has 2 aliphatic heterocycles. The molecule has 2 saturated heterocycles. The van der Waals surface area contributed by atoms with Crippen LogP contribution in [0.3, 0.4) is 0 Å². The Morgan fingerprint density at radius 1 is 0.971 bits per heavy atom. The summed E-state index contributed by atoms with van der Waals surface area (Å²) in [5.74, 6) is 1.57. The number of amides is 1. The second-order valence-corrected chi connectivity index (χ2v) is 11.1. The number of rotatable bonds is 8. The highest BCUT2D eigenvalue weighted by Crippen LogP contribution is 2.28. The summed E-state index contributed by atoms with van der Waals surface area (Å²) in [4.78, 5) is 19.6. The fourth-order valence-electron chi connectivity index (χ4n) is 4.74. The zero-order valence-corrected chi connectivity index (χ0v) is 20.7. The van der Waals surface area contributed by atoms with Crippen LogP contribution in [-0.2, 0) is 21.2 Å². The largest absolute Gasteiger partial charge is 0.493 e. The lowest BCUT2D eigenvalue weighted by Crippen LogP contribution is -2.51. The summed E-state index contributed by atoms with van der Waals surface area (Å²) in [6, 6.07) is 15.1. The van der Waals surface area contributed by atoms with E-state index >= 15 is 0 Å². The van der Waals surface area contributed by atoms with E-state index in [9.17, 15) is 13.2 Å². The fourth-order valence-corrected chi connectivity index (χ4v) is 6.44. The second kappa shape index (κ2) is 10.8. The van der Waals surface area contributed by atoms with E-state index in [1.165, 1.54) is 0 Å². The molecular formula is C25H33N3O5S. The van der Waals surface area contributed by atoms with E-state index in [4.69, 9.17) is 9.47 Å². The highest BCUT2D eigenvalue weighted by Gasteiger charge is 2.36. The van der Waals surface area contributed by atoms with Crippen molar-refractivity contribution in [3.63, 3.8) is 0 Å². The molecule has 2 aromatic carbocycles. The number of hydrogen-bond donors (Lipinski definition) is 0. The molecule has 0 aromatic heterocycles. The van der Waals surface area contributed by atoms with Crippen molar-refractivity contribution in [2.45, 2.75) is 19.0 Å². The molecule has 1 unspecified atom stereocenters. The average molecular weight is 488 g/mol. The SMILES string of the molecule is COc1ccc(CN2CCN(CC(=O)N(c3ccccc3)C3CCS(=O)(=O)C3)CC2)cc1OC. The minimum absolute atomic E-state index is 0.0345. The number of carbonyl (C=O) groups is 1. The first kappa shape index (κ1) is 24.5. The summed E-state index contributed by atoms with van der Waals surface area (Å²) in [5.41, 5.74) is 1.92. The van der Waals surface area contributed by atoms with Gasteiger partial charge in [0.25, 0.3) is 0 Å². The molecule has 34 heavy (non-hydrogen) atoms. The maximum atomic E-state index is 13.4. The first-order valence-electron chi connectivity index (χ1n) is 11.6. The molecule has 1 amide bonds. The minimum Gasteiger partial charge on any atom is -0.493 e. The number of piperazine rings is 1. The number of benzene rings is 2. The molecule has 2 fully saturated rings. The maximum absolute atomic E-state index is 13.4. The Kier molecular flexibility index (Phi) is 7.75. The van der Waals surface area contributed by atoms with E-state index in [0.29, 0.717) is 12.2 Å². The summed E-state index contributed by atoms with van der Waals surface area (Å²) in [6.45, 7) is 4.36. The van der Waals surface area contributed by atoms with Crippen LogP contribution >= 0.6 is 0 Å². The molecule has 2 aliphatic rings. The Labute approximate surface area is 202 Å². The molecule has 1 atom stereocenters. The smallest absolute Gasteiger partial charge is 0.241 e. The van der Waals surface area contributed by atoms with Gasteiger partial charge in [0.2, 0.25) is 5.91 Å². The van der Waals surface area contributed by atoms with Crippen LogP contribution < -0.4 is 14.4 Å². The Bertz CT molecular complexity index is 1080. The number of para-hydroxylation sites is 1. The van der Waals surface area contributed by atoms with Crippen LogP contribution in [0.25, 0.3) is 0 Å². The molecule has 0 N–H and O–H groups in total. The van der Waals surface area contributed by atoms with E-state index in [1.54, 1.807) is 19.1 Å². The van der Waals surface area contributed by atoms with Crippen LogP contribution in [-0.4, -0.2) is 88.6 Å². The Morgan fingerprint density at radius 2 is 1.65 bits per heavy atom. The normalized spacial score (nSPS) is 20.7. The number of anilines is 1. The van der Waals surface area contributed by atoms with Crippen LogP contribution in [0.4, 0.5) is 5.69 Å². The second-order valence-electron chi connectivity index (χ2n) is 8.90. The van der Waals surface area contributed by atoms with Crippen molar-refractivity contribution in [2.75, 3.05) is 63.3 Å². The van der Waals surface area contributed by atoms with Crippen molar-refractivity contribution >= 4 is 21.4 Å². The van der Waals surface area contributed by atoms with Crippen LogP contribution in [0.2, 0.25) is 0 Å². The molecule has 8 nitrogen and oxygen atoms in total. The number of carbonyl (C=O) groups excluding carboxylic acids is 1. The lowest BCUT2D eigenvalue weighted by Gasteiger charge is -2.36. The molecule has 2 aromatic rings. The Balaban J connectivity index is 1.35. The van der Waals surface area contributed by atoms with Gasteiger partial charge >= 0.3 is 0 Å². The van der Waals surface area contributed by atoms with Crippen molar-refractivity contribution in [1.82, 2.24) is 9.80 Å². The topological polar surface area (TPSA) is 79.4 Å². The number of sulfone groups is 1. The number of ether oxygens (including phenoxy) is 2. The van der Waals surface area contributed by atoms with E-state index in [0.717, 1.165) is 49.7 Å². The van der Waals surface area contributed by atoms with E-state index in [2.05, 4.69) is 9.80 Å². The standard InChI is InChI=1S/C25H33N3O5S/c1-32-23-9-8-20(16-24(23)33-2)17-26-11-13-27(14-12-26)18-25(29)28(21-6-4-3-5-7-21)22-10-15-34(30,31)19-22/h3-9,16,22H,10-15,17-19H2,1-2H3. The van der Waals surface area contributed by atoms with Crippen molar-refractivity contribution in [1.29, 1.82) is 0 Å². The average Bonchev–Trinajstić information content (AvgIpc) is 3.20. The van der Waals surface area contributed by atoms with Crippen LogP contribution in [0.15, 0.2) is 48.5 Å². The lowest BCUT2D eigenvalue weighted by molar-refractivity contribution is -0.120. The zero-order chi connectivity index (χ0) is 24.1. The van der Waals surface area contributed by atoms with Gasteiger partial charge in [0.05, 0.1) is 38.3 Å². The molecule has 0 radical (unpaired) electrons. The van der Waals surface area contributed by atoms with Crippen molar-refractivity contribution in [3.05, 3.63) is 54.1 Å². The third-order valence-electron chi connectivity index (χ3n) is 6.55. The minimum atomic E-state index is -3.09. The summed E-state index contributed by atoms with van der Waals surface area (Å²) >= 11 is 0. The third kappa shape index (κ3) is 5.89. The molecular weight excluding hydrogens is 454 g/mol. The van der Waals surface area contributed by atoms with Crippen molar-refractivity contribution in [3.8, 4) is 11.5 Å². The number of nitrogens with zero attached hydrogens (tertiary/aromatic N) is 3. The van der Waals surface area contributed by atoms with Crippen LogP contribution in [0.1, 0.15) is 12.0 Å². The van der Waals surface area contributed by atoms with Gasteiger partial charge in [0.1, 0.15) is 0 Å². The molecule has 0 aliphatic carbocycles. The maximum Gasteiger partial charge on any atom is 0.241 e. The molecule has 184 valence electrons. The first-order valence-corrected chi connectivity index (χ1v) is 13.4. The summed E-state index contributed by atoms with van der Waals surface area (Å²) in [6.07, 6.45) is 0.488. The molecule has 0 spiro atoms. The van der Waals surface area contributed by atoms with E-state index in [1.807, 2.05) is 48.5 Å². The van der Waals surface area contributed by atoms with E-state index in [-0.39, 0.29) is 30.0 Å². The van der Waals surface area contributed by atoms with E-state index < -0.39 is 9.84 Å². The fraction of sp³-hybridized carbons (Fsp3) is 0.480. The van der Waals surface area contributed by atoms with Crippen LogP contribution in [0.5, 0.6) is 11.5 Å². The summed E-state index contributed by atoms with van der Waals surface area (Å²) in [5, 5.41) is 0. The van der Waals surface area contributed by atoms with Gasteiger partial charge in [-0.05, 0) is 36.2 Å². The number of hydrogen-bond acceptors (Lipinski definition) is 7. The molecule has 9 heteroatoms. The number of methoxy groups -OCH3 is 2. The highest BCUT2D eigenvalue weighted by molar-refractivity contribution is 7.91. The quantitative estimate of drug-likeness (QED) is 0.564. The van der Waals surface area contributed by atoms with Crippen molar-refractivity contribution < 1.29 is 22.7 Å². The van der Waals surface area contributed by atoms with Crippen molar-refractivity contribution in [2.24, 2.45) is 0 Å². The Hall–Kier alpha value is -2.62. The highest BCUT2D eigenvalue weighted by atomic mass is 32.2. The predicted octanol–water partition coefficient (Wildman–Crippen LogP) is 2.04. The van der Waals surface area contributed by atoms with Gasteiger partial charge < -0.3 is 14.4 Å². The van der Waals surface area contributed by atoms with Gasteiger partial charge in [-0.2, -0.15) is 0 Å². The molecule has 4 rings (SSSR count). The lowest BCUT2D eigenvalue weighted by atomic mass is 10.1. The predicted molar refractivity (Wildman–Crippen MR) is 132 cm³/mol. The molecule has 0 bridgehead atoms. The molecule has 2 heterocycles. The van der Waals surface area contributed by atoms with Gasteiger partial charge in [0.15, 0.2) is 21.3 Å². The van der Waals surface area contributed by atoms with Gasteiger partial charge in [-0.3, -0.25) is 14.6 Å². The molecule has 0 saturated carbocycles. The van der Waals surface area contributed by atoms with Crippen LogP contribution in [0, 0.1) is 0 Å². The van der Waals surface area contributed by atoms with Gasteiger partial charge in [-0.1, -0.05) is 24.3 Å². The summed E-state index contributed by atoms with van der Waals surface area (Å²) in [7, 11) is 0.171. The summed E-state index contributed by atoms with van der Waals surface area (Å²) < 4.78 is 34.9. The first-order chi connectivity index (χ1) is 16.4. The monoisotopic (exact) mass is 487 g/mol.